The van der Waals surface area contributed by atoms with Crippen molar-refractivity contribution in [3.63, 3.8) is 0 Å². The van der Waals surface area contributed by atoms with E-state index in [4.69, 9.17) is 5.73 Å². The summed E-state index contributed by atoms with van der Waals surface area (Å²) in [5, 5.41) is 25.8. The van der Waals surface area contributed by atoms with Gasteiger partial charge in [-0.05, 0) is 36.1 Å². The molecule has 0 saturated heterocycles. The molecular weight excluding hydrogens is 444 g/mol. The highest BCUT2D eigenvalue weighted by Crippen LogP contribution is 2.11. The quantitative estimate of drug-likeness (QED) is 0.181. The molecule has 0 fully saturated rings. The Labute approximate surface area is 190 Å². The van der Waals surface area contributed by atoms with Crippen molar-refractivity contribution in [2.24, 2.45) is 5.73 Å². The van der Waals surface area contributed by atoms with Crippen LogP contribution in [-0.4, -0.2) is 76.3 Å². The van der Waals surface area contributed by atoms with Crippen molar-refractivity contribution in [3.05, 3.63) is 29.8 Å². The molecule has 12 heteroatoms. The first-order valence-corrected chi connectivity index (χ1v) is 11.4. The van der Waals surface area contributed by atoms with E-state index in [1.165, 1.54) is 12.1 Å². The maximum Gasteiger partial charge on any atom is 0.326 e. The lowest BCUT2D eigenvalue weighted by molar-refractivity contribution is -0.141. The fraction of sp³-hybridized carbons (Fsp3) is 0.474. The van der Waals surface area contributed by atoms with Crippen LogP contribution >= 0.6 is 24.4 Å². The molecule has 0 aliphatic carbocycles. The van der Waals surface area contributed by atoms with Gasteiger partial charge in [0.25, 0.3) is 0 Å². The number of phenolic OH excluding ortho intramolecular Hbond substituents is 1. The lowest BCUT2D eigenvalue weighted by Gasteiger charge is -2.19. The summed E-state index contributed by atoms with van der Waals surface area (Å²) in [5.74, 6) is -2.35. The van der Waals surface area contributed by atoms with Gasteiger partial charge in [-0.3, -0.25) is 14.4 Å². The maximum absolute atomic E-state index is 12.3. The number of phenols is 1. The zero-order valence-electron chi connectivity index (χ0n) is 17.0. The number of carbonyl (C=O) groups is 4. The Balaban J connectivity index is 2.55. The molecule has 10 nitrogen and oxygen atoms in total. The van der Waals surface area contributed by atoms with Crippen molar-refractivity contribution in [2.45, 2.75) is 31.0 Å². The molecule has 1 aromatic carbocycles. The zero-order valence-corrected chi connectivity index (χ0v) is 18.7. The van der Waals surface area contributed by atoms with E-state index >= 15 is 0 Å². The number of rotatable bonds is 13. The number of carboxylic acids is 1. The molecule has 7 N–H and O–H groups in total. The summed E-state index contributed by atoms with van der Waals surface area (Å²) in [4.78, 5) is 47.9. The molecule has 31 heavy (non-hydrogen) atoms. The van der Waals surface area contributed by atoms with E-state index in [-0.39, 0.29) is 17.9 Å². The van der Waals surface area contributed by atoms with Crippen LogP contribution in [0, 0.1) is 0 Å². The number of benzene rings is 1. The van der Waals surface area contributed by atoms with Crippen molar-refractivity contribution >= 4 is 48.1 Å². The van der Waals surface area contributed by atoms with Gasteiger partial charge in [-0.15, -0.1) is 0 Å². The smallest absolute Gasteiger partial charge is 0.326 e. The molecule has 0 aliphatic rings. The summed E-state index contributed by atoms with van der Waals surface area (Å²) in [5.41, 5.74) is 6.37. The Morgan fingerprint density at radius 2 is 1.74 bits per heavy atom. The van der Waals surface area contributed by atoms with Gasteiger partial charge in [-0.2, -0.15) is 24.4 Å². The molecule has 3 amide bonds. The number of amides is 3. The highest BCUT2D eigenvalue weighted by molar-refractivity contribution is 7.98. The summed E-state index contributed by atoms with van der Waals surface area (Å²) in [6.45, 7) is -0.475. The van der Waals surface area contributed by atoms with Gasteiger partial charge < -0.3 is 31.9 Å². The van der Waals surface area contributed by atoms with E-state index in [0.29, 0.717) is 17.7 Å². The minimum absolute atomic E-state index is 0.00143. The van der Waals surface area contributed by atoms with Crippen LogP contribution in [0.3, 0.4) is 0 Å². The molecule has 1 aromatic rings. The van der Waals surface area contributed by atoms with Gasteiger partial charge in [0, 0.05) is 12.2 Å². The monoisotopic (exact) mass is 472 g/mol. The van der Waals surface area contributed by atoms with Crippen molar-refractivity contribution in [1.29, 1.82) is 0 Å². The van der Waals surface area contributed by atoms with Gasteiger partial charge in [0.1, 0.15) is 17.8 Å². The zero-order chi connectivity index (χ0) is 23.4. The molecule has 0 aliphatic heterocycles. The third-order valence-electron chi connectivity index (χ3n) is 4.22. The second kappa shape index (κ2) is 13.8. The number of carboxylic acid groups (broad SMARTS) is 1. The topological polar surface area (TPSA) is 171 Å². The summed E-state index contributed by atoms with van der Waals surface area (Å²) in [6, 6.07) is 2.94. The van der Waals surface area contributed by atoms with Crippen LogP contribution in [0.2, 0.25) is 0 Å². The number of hydrogen-bond donors (Lipinski definition) is 7. The van der Waals surface area contributed by atoms with Gasteiger partial charge in [-0.1, -0.05) is 12.1 Å². The number of nitrogens with one attached hydrogen (secondary N) is 3. The fourth-order valence-corrected chi connectivity index (χ4v) is 3.20. The molecule has 0 aromatic heterocycles. The molecule has 0 heterocycles. The number of thioether (sulfide) groups is 1. The van der Waals surface area contributed by atoms with Gasteiger partial charge in [0.2, 0.25) is 17.7 Å². The molecule has 172 valence electrons. The Morgan fingerprint density at radius 3 is 2.29 bits per heavy atom. The standard InChI is InChI=1S/C19H28N4O6S2/c1-31-7-6-13(20)17(26)23-15(10-30)18(27)21-9-16(25)22-14(19(28)29)8-11-2-4-12(24)5-3-11/h2-5,13-15,24,30H,6-10,20H2,1H3,(H,21,27)(H,22,25)(H,23,26)(H,28,29). The Morgan fingerprint density at radius 1 is 1.10 bits per heavy atom. The minimum atomic E-state index is -1.24. The Hall–Kier alpha value is -2.44. The third-order valence-corrected chi connectivity index (χ3v) is 5.23. The van der Waals surface area contributed by atoms with E-state index in [1.807, 2.05) is 6.26 Å². The van der Waals surface area contributed by atoms with Gasteiger partial charge in [0.05, 0.1) is 12.6 Å². The number of aromatic hydroxyl groups is 1. The second-order valence-electron chi connectivity index (χ2n) is 6.68. The van der Waals surface area contributed by atoms with E-state index in [1.54, 1.807) is 23.9 Å². The van der Waals surface area contributed by atoms with E-state index in [9.17, 15) is 29.4 Å². The molecule has 1 rings (SSSR count). The summed E-state index contributed by atoms with van der Waals surface area (Å²) < 4.78 is 0. The number of carbonyl (C=O) groups excluding carboxylic acids is 3. The van der Waals surface area contributed by atoms with Crippen LogP contribution in [-0.2, 0) is 25.6 Å². The van der Waals surface area contributed by atoms with Crippen LogP contribution < -0.4 is 21.7 Å². The first-order chi connectivity index (χ1) is 14.7. The maximum atomic E-state index is 12.3. The molecule has 3 atom stereocenters. The highest BCUT2D eigenvalue weighted by atomic mass is 32.2. The van der Waals surface area contributed by atoms with Crippen LogP contribution in [0.15, 0.2) is 24.3 Å². The predicted octanol–water partition coefficient (Wildman–Crippen LogP) is -0.885. The van der Waals surface area contributed by atoms with Gasteiger partial charge in [0.15, 0.2) is 0 Å². The molecule has 0 spiro atoms. The van der Waals surface area contributed by atoms with Gasteiger partial charge in [-0.25, -0.2) is 4.79 Å². The predicted molar refractivity (Wildman–Crippen MR) is 121 cm³/mol. The SMILES string of the molecule is CSCCC(N)C(=O)NC(CS)C(=O)NCC(=O)NC(Cc1ccc(O)cc1)C(=O)O. The summed E-state index contributed by atoms with van der Waals surface area (Å²) in [6.07, 6.45) is 2.34. The third kappa shape index (κ3) is 9.94. The lowest BCUT2D eigenvalue weighted by atomic mass is 10.1. The van der Waals surface area contributed by atoms with Crippen molar-refractivity contribution in [1.82, 2.24) is 16.0 Å². The second-order valence-corrected chi connectivity index (χ2v) is 8.03. The largest absolute Gasteiger partial charge is 0.508 e. The highest BCUT2D eigenvalue weighted by Gasteiger charge is 2.24. The number of aliphatic carboxylic acids is 1. The first kappa shape index (κ1) is 26.6. The van der Waals surface area contributed by atoms with Crippen molar-refractivity contribution < 1.29 is 29.4 Å². The number of thiol groups is 1. The Bertz CT molecular complexity index is 762. The van der Waals surface area contributed by atoms with Crippen molar-refractivity contribution in [3.8, 4) is 5.75 Å². The molecular formula is C19H28N4O6S2. The van der Waals surface area contributed by atoms with E-state index in [2.05, 4.69) is 28.6 Å². The number of nitrogens with two attached hydrogens (primary N) is 1. The van der Waals surface area contributed by atoms with Crippen LogP contribution in [0.5, 0.6) is 5.75 Å². The first-order valence-electron chi connectivity index (χ1n) is 9.41. The minimum Gasteiger partial charge on any atom is -0.508 e. The van der Waals surface area contributed by atoms with E-state index < -0.39 is 48.4 Å². The Kier molecular flexibility index (Phi) is 11.8. The van der Waals surface area contributed by atoms with Crippen molar-refractivity contribution in [2.75, 3.05) is 24.3 Å². The normalized spacial score (nSPS) is 13.5. The lowest BCUT2D eigenvalue weighted by Crippen LogP contribution is -2.54. The number of hydrogen-bond acceptors (Lipinski definition) is 8. The van der Waals surface area contributed by atoms with Crippen LogP contribution in [0.4, 0.5) is 0 Å². The fourth-order valence-electron chi connectivity index (χ4n) is 2.45. The van der Waals surface area contributed by atoms with Gasteiger partial charge >= 0.3 is 5.97 Å². The molecule has 0 bridgehead atoms. The average Bonchev–Trinajstić information content (AvgIpc) is 2.74. The molecule has 3 unspecified atom stereocenters. The van der Waals surface area contributed by atoms with Crippen LogP contribution in [0.25, 0.3) is 0 Å². The molecule has 0 radical (unpaired) electrons. The van der Waals surface area contributed by atoms with Crippen LogP contribution in [0.1, 0.15) is 12.0 Å². The average molecular weight is 473 g/mol. The van der Waals surface area contributed by atoms with E-state index in [0.717, 1.165) is 0 Å². The summed E-state index contributed by atoms with van der Waals surface area (Å²) in [7, 11) is 0. The summed E-state index contributed by atoms with van der Waals surface area (Å²) >= 11 is 5.59. The molecule has 0 saturated carbocycles.